The first-order valence-electron chi connectivity index (χ1n) is 6.46. The molecule has 4 rings (SSSR count). The third-order valence-electron chi connectivity index (χ3n) is 3.42. The van der Waals surface area contributed by atoms with E-state index in [4.69, 9.17) is 34.8 Å². The molecular formula is C15H8Cl3N3S. The molecular weight excluding hydrogens is 361 g/mol. The smallest absolute Gasteiger partial charge is 0.170 e. The van der Waals surface area contributed by atoms with Crippen LogP contribution in [-0.2, 0) is 5.75 Å². The van der Waals surface area contributed by atoms with Gasteiger partial charge in [-0.15, -0.1) is 22.0 Å². The van der Waals surface area contributed by atoms with Crippen molar-refractivity contribution in [1.82, 2.24) is 14.8 Å². The van der Waals surface area contributed by atoms with E-state index in [2.05, 4.69) is 10.2 Å². The van der Waals surface area contributed by atoms with Crippen molar-refractivity contribution in [3.8, 4) is 17.1 Å². The maximum Gasteiger partial charge on any atom is 0.170 e. The average molecular weight is 369 g/mol. The topological polar surface area (TPSA) is 30.7 Å². The number of aromatic nitrogens is 3. The van der Waals surface area contributed by atoms with Crippen LogP contribution in [0.1, 0.15) is 5.82 Å². The van der Waals surface area contributed by atoms with Crippen molar-refractivity contribution in [2.24, 2.45) is 0 Å². The Labute approximate surface area is 146 Å². The van der Waals surface area contributed by atoms with Crippen LogP contribution in [0, 0.1) is 0 Å². The number of hydrogen-bond acceptors (Lipinski definition) is 3. The van der Waals surface area contributed by atoms with E-state index in [0.717, 1.165) is 27.7 Å². The Morgan fingerprint density at radius 3 is 2.55 bits per heavy atom. The highest BCUT2D eigenvalue weighted by molar-refractivity contribution is 7.98. The maximum atomic E-state index is 6.32. The van der Waals surface area contributed by atoms with Crippen LogP contribution in [0.25, 0.3) is 17.1 Å². The van der Waals surface area contributed by atoms with Crippen LogP contribution >= 0.6 is 46.6 Å². The Bertz CT molecular complexity index is 892. The lowest BCUT2D eigenvalue weighted by Gasteiger charge is -2.19. The summed E-state index contributed by atoms with van der Waals surface area (Å²) in [4.78, 5) is 1.10. The summed E-state index contributed by atoms with van der Waals surface area (Å²) in [5.74, 6) is 2.34. The van der Waals surface area contributed by atoms with Crippen LogP contribution in [0.5, 0.6) is 0 Å². The SMILES string of the molecule is Clc1ccc(-c2nnc3n2-c2ccc(Cl)cc2SC3)c(Cl)c1. The Balaban J connectivity index is 1.95. The van der Waals surface area contributed by atoms with Crippen LogP contribution in [0.4, 0.5) is 0 Å². The minimum Gasteiger partial charge on any atom is -0.277 e. The lowest BCUT2D eigenvalue weighted by molar-refractivity contribution is 0.923. The molecule has 0 saturated heterocycles. The summed E-state index contributed by atoms with van der Waals surface area (Å²) in [5.41, 5.74) is 1.82. The monoisotopic (exact) mass is 367 g/mol. The fraction of sp³-hybridized carbons (Fsp3) is 0.0667. The number of benzene rings is 2. The molecule has 0 saturated carbocycles. The van der Waals surface area contributed by atoms with Crippen LogP contribution in [0.15, 0.2) is 41.3 Å². The van der Waals surface area contributed by atoms with Gasteiger partial charge in [0.15, 0.2) is 5.82 Å². The van der Waals surface area contributed by atoms with Gasteiger partial charge in [-0.2, -0.15) is 0 Å². The molecule has 7 heteroatoms. The molecule has 2 heterocycles. The van der Waals surface area contributed by atoms with Gasteiger partial charge in [-0.1, -0.05) is 34.8 Å². The van der Waals surface area contributed by atoms with Crippen LogP contribution in [-0.4, -0.2) is 14.8 Å². The third kappa shape index (κ3) is 2.31. The van der Waals surface area contributed by atoms with Crippen molar-refractivity contribution in [1.29, 1.82) is 0 Å². The van der Waals surface area contributed by atoms with Crippen molar-refractivity contribution < 1.29 is 0 Å². The largest absolute Gasteiger partial charge is 0.277 e. The molecule has 1 aromatic heterocycles. The molecule has 0 aliphatic carbocycles. The number of hydrogen-bond donors (Lipinski definition) is 0. The molecule has 3 nitrogen and oxygen atoms in total. The molecule has 2 aromatic carbocycles. The van der Waals surface area contributed by atoms with Crippen LogP contribution in [0.3, 0.4) is 0 Å². The second kappa shape index (κ2) is 5.46. The van der Waals surface area contributed by atoms with Gasteiger partial charge in [0, 0.05) is 20.5 Å². The van der Waals surface area contributed by atoms with Gasteiger partial charge in [0.2, 0.25) is 0 Å². The molecule has 0 amide bonds. The van der Waals surface area contributed by atoms with Crippen molar-refractivity contribution in [2.75, 3.05) is 0 Å². The first-order chi connectivity index (χ1) is 10.6. The van der Waals surface area contributed by atoms with Gasteiger partial charge < -0.3 is 0 Å². The third-order valence-corrected chi connectivity index (χ3v) is 5.25. The molecule has 0 spiro atoms. The van der Waals surface area contributed by atoms with E-state index in [1.807, 2.05) is 28.8 Å². The highest BCUT2D eigenvalue weighted by atomic mass is 35.5. The Hall–Kier alpha value is -1.20. The van der Waals surface area contributed by atoms with E-state index < -0.39 is 0 Å². The minimum absolute atomic E-state index is 0.552. The Kier molecular flexibility index (Phi) is 3.57. The van der Waals surface area contributed by atoms with Gasteiger partial charge in [0.1, 0.15) is 5.82 Å². The number of thioether (sulfide) groups is 1. The molecule has 22 heavy (non-hydrogen) atoms. The maximum absolute atomic E-state index is 6.32. The second-order valence-electron chi connectivity index (χ2n) is 4.80. The van der Waals surface area contributed by atoms with Crippen LogP contribution in [0.2, 0.25) is 15.1 Å². The summed E-state index contributed by atoms with van der Waals surface area (Å²) in [6.07, 6.45) is 0. The Morgan fingerprint density at radius 2 is 1.73 bits per heavy atom. The zero-order valence-electron chi connectivity index (χ0n) is 11.1. The highest BCUT2D eigenvalue weighted by Crippen LogP contribution is 2.40. The second-order valence-corrected chi connectivity index (χ2v) is 7.10. The van der Waals surface area contributed by atoms with Gasteiger partial charge in [0.05, 0.1) is 16.5 Å². The van der Waals surface area contributed by atoms with Gasteiger partial charge in [-0.05, 0) is 36.4 Å². The van der Waals surface area contributed by atoms with Crippen LogP contribution < -0.4 is 0 Å². The molecule has 0 unspecified atom stereocenters. The molecule has 0 bridgehead atoms. The lowest BCUT2D eigenvalue weighted by Crippen LogP contribution is -2.08. The van der Waals surface area contributed by atoms with Crippen molar-refractivity contribution >= 4 is 46.6 Å². The molecule has 110 valence electrons. The fourth-order valence-corrected chi connectivity index (χ4v) is 4.16. The van der Waals surface area contributed by atoms with Gasteiger partial charge in [-0.3, -0.25) is 4.57 Å². The summed E-state index contributed by atoms with van der Waals surface area (Å²) < 4.78 is 2.03. The summed E-state index contributed by atoms with van der Waals surface area (Å²) in [5, 5.41) is 10.5. The zero-order valence-corrected chi connectivity index (χ0v) is 14.1. The van der Waals surface area contributed by atoms with E-state index in [-0.39, 0.29) is 0 Å². The first-order valence-corrected chi connectivity index (χ1v) is 8.58. The molecule has 0 N–H and O–H groups in total. The van der Waals surface area contributed by atoms with Crippen molar-refractivity contribution in [2.45, 2.75) is 10.6 Å². The average Bonchev–Trinajstić information content (AvgIpc) is 2.91. The van der Waals surface area contributed by atoms with E-state index in [1.165, 1.54) is 0 Å². The molecule has 3 aromatic rings. The standard InChI is InChI=1S/C15H8Cl3N3S/c16-8-1-3-10(11(18)5-8)15-20-19-14-7-22-13-6-9(17)2-4-12(13)21(14)15/h1-6H,7H2. The minimum atomic E-state index is 0.552. The van der Waals surface area contributed by atoms with Gasteiger partial charge >= 0.3 is 0 Å². The quantitative estimate of drug-likeness (QED) is 0.568. The predicted octanol–water partition coefficient (Wildman–Crippen LogP) is 5.50. The van der Waals surface area contributed by atoms with Gasteiger partial charge in [-0.25, -0.2) is 0 Å². The van der Waals surface area contributed by atoms with E-state index in [1.54, 1.807) is 23.9 Å². The lowest BCUT2D eigenvalue weighted by atomic mass is 10.2. The molecule has 0 fully saturated rings. The van der Waals surface area contributed by atoms with E-state index >= 15 is 0 Å². The van der Waals surface area contributed by atoms with Crippen molar-refractivity contribution in [3.63, 3.8) is 0 Å². The molecule has 1 aliphatic rings. The predicted molar refractivity (Wildman–Crippen MR) is 91.4 cm³/mol. The molecule has 0 radical (unpaired) electrons. The summed E-state index contributed by atoms with van der Waals surface area (Å²) >= 11 is 20.1. The normalized spacial score (nSPS) is 12.9. The fourth-order valence-electron chi connectivity index (χ4n) is 2.44. The number of nitrogens with zero attached hydrogens (tertiary/aromatic N) is 3. The number of fused-ring (bicyclic) bond motifs is 3. The zero-order chi connectivity index (χ0) is 15.3. The first kappa shape index (κ1) is 14.4. The van der Waals surface area contributed by atoms with E-state index in [0.29, 0.717) is 20.9 Å². The summed E-state index contributed by atoms with van der Waals surface area (Å²) in [7, 11) is 0. The highest BCUT2D eigenvalue weighted by Gasteiger charge is 2.23. The molecule has 1 aliphatic heterocycles. The Morgan fingerprint density at radius 1 is 0.955 bits per heavy atom. The number of halogens is 3. The summed E-state index contributed by atoms with van der Waals surface area (Å²) in [6, 6.07) is 11.2. The van der Waals surface area contributed by atoms with Crippen molar-refractivity contribution in [3.05, 3.63) is 57.3 Å². The van der Waals surface area contributed by atoms with E-state index in [9.17, 15) is 0 Å². The van der Waals surface area contributed by atoms with Gasteiger partial charge in [0.25, 0.3) is 0 Å². The number of rotatable bonds is 1. The summed E-state index contributed by atoms with van der Waals surface area (Å²) in [6.45, 7) is 0. The molecule has 0 atom stereocenters.